The molecule has 3 nitrogen and oxygen atoms in total. The van der Waals surface area contributed by atoms with Crippen molar-refractivity contribution in [2.45, 2.75) is 58.5 Å². The van der Waals surface area contributed by atoms with Crippen LogP contribution in [-0.2, 0) is 9.53 Å². The van der Waals surface area contributed by atoms with E-state index in [1.165, 1.54) is 19.3 Å². The molecule has 2 N–H and O–H groups in total. The Morgan fingerprint density at radius 3 is 2.75 bits per heavy atom. The van der Waals surface area contributed by atoms with Gasteiger partial charge in [0, 0.05) is 6.54 Å². The van der Waals surface area contributed by atoms with E-state index in [-0.39, 0.29) is 18.0 Å². The Balaban J connectivity index is 2.38. The Kier molecular flexibility index (Phi) is 5.81. The molecule has 0 heterocycles. The zero-order valence-corrected chi connectivity index (χ0v) is 10.6. The Morgan fingerprint density at radius 1 is 1.44 bits per heavy atom. The van der Waals surface area contributed by atoms with Crippen molar-refractivity contribution in [1.82, 2.24) is 0 Å². The maximum absolute atomic E-state index is 11.8. The molecule has 1 saturated carbocycles. The number of nitrogens with two attached hydrogens (primary N) is 1. The van der Waals surface area contributed by atoms with Gasteiger partial charge in [0.2, 0.25) is 0 Å². The van der Waals surface area contributed by atoms with E-state index in [1.54, 1.807) is 0 Å². The smallest absolute Gasteiger partial charge is 0.310 e. The molecule has 0 saturated heterocycles. The Bertz CT molecular complexity index is 214. The van der Waals surface area contributed by atoms with Gasteiger partial charge in [-0.1, -0.05) is 26.7 Å². The van der Waals surface area contributed by atoms with E-state index < -0.39 is 0 Å². The summed E-state index contributed by atoms with van der Waals surface area (Å²) in [5.41, 5.74) is 5.54. The second-order valence-corrected chi connectivity index (χ2v) is 4.84. The first kappa shape index (κ1) is 13.5. The molecule has 3 atom stereocenters. The average Bonchev–Trinajstić information content (AvgIpc) is 2.31. The minimum atomic E-state index is -0.109. The van der Waals surface area contributed by atoms with Gasteiger partial charge in [-0.25, -0.2) is 0 Å². The summed E-state index contributed by atoms with van der Waals surface area (Å²) in [5.74, 6) is 0.540. The molecule has 1 rings (SSSR count). The van der Waals surface area contributed by atoms with Gasteiger partial charge in [-0.3, -0.25) is 4.79 Å². The van der Waals surface area contributed by atoms with Crippen molar-refractivity contribution in [1.29, 1.82) is 0 Å². The monoisotopic (exact) mass is 227 g/mol. The maximum Gasteiger partial charge on any atom is 0.310 e. The molecule has 94 valence electrons. The maximum atomic E-state index is 11.8. The summed E-state index contributed by atoms with van der Waals surface area (Å²) < 4.78 is 5.55. The van der Waals surface area contributed by atoms with Crippen LogP contribution >= 0.6 is 0 Å². The van der Waals surface area contributed by atoms with Gasteiger partial charge < -0.3 is 10.5 Å². The van der Waals surface area contributed by atoms with Gasteiger partial charge in [0.25, 0.3) is 0 Å². The third kappa shape index (κ3) is 3.78. The van der Waals surface area contributed by atoms with Crippen LogP contribution in [0.4, 0.5) is 0 Å². The quantitative estimate of drug-likeness (QED) is 0.734. The molecule has 3 unspecified atom stereocenters. The van der Waals surface area contributed by atoms with Crippen LogP contribution in [0.3, 0.4) is 0 Å². The third-order valence-electron chi connectivity index (χ3n) is 3.71. The summed E-state index contributed by atoms with van der Waals surface area (Å²) in [6, 6.07) is 0. The SMILES string of the molecule is CCC1CCCC(OC(=O)C(CC)CN)C1. The van der Waals surface area contributed by atoms with Crippen molar-refractivity contribution in [3.05, 3.63) is 0 Å². The molecule has 0 aromatic heterocycles. The fraction of sp³-hybridized carbons (Fsp3) is 0.923. The van der Waals surface area contributed by atoms with E-state index in [1.807, 2.05) is 6.92 Å². The first-order valence-corrected chi connectivity index (χ1v) is 6.61. The molecule has 0 amide bonds. The summed E-state index contributed by atoms with van der Waals surface area (Å²) in [7, 11) is 0. The normalized spacial score (nSPS) is 27.4. The van der Waals surface area contributed by atoms with Crippen LogP contribution in [0, 0.1) is 11.8 Å². The number of rotatable bonds is 5. The van der Waals surface area contributed by atoms with Gasteiger partial charge in [0.1, 0.15) is 6.10 Å². The number of esters is 1. The molecule has 1 aliphatic carbocycles. The molecule has 1 aliphatic rings. The fourth-order valence-electron chi connectivity index (χ4n) is 2.41. The van der Waals surface area contributed by atoms with Crippen molar-refractivity contribution in [3.8, 4) is 0 Å². The van der Waals surface area contributed by atoms with E-state index in [0.29, 0.717) is 6.54 Å². The third-order valence-corrected chi connectivity index (χ3v) is 3.71. The van der Waals surface area contributed by atoms with Crippen molar-refractivity contribution >= 4 is 5.97 Å². The lowest BCUT2D eigenvalue weighted by atomic mass is 9.85. The number of hydrogen-bond donors (Lipinski definition) is 1. The lowest BCUT2D eigenvalue weighted by Crippen LogP contribution is -2.31. The molecule has 1 fully saturated rings. The molecule has 16 heavy (non-hydrogen) atoms. The Morgan fingerprint density at radius 2 is 2.19 bits per heavy atom. The number of carbonyl (C=O) groups excluding carboxylic acids is 1. The highest BCUT2D eigenvalue weighted by Gasteiger charge is 2.26. The van der Waals surface area contributed by atoms with E-state index in [9.17, 15) is 4.79 Å². The summed E-state index contributed by atoms with van der Waals surface area (Å²) in [5, 5.41) is 0. The van der Waals surface area contributed by atoms with Crippen LogP contribution in [-0.4, -0.2) is 18.6 Å². The van der Waals surface area contributed by atoms with E-state index in [0.717, 1.165) is 25.2 Å². The predicted molar refractivity (Wildman–Crippen MR) is 65.0 cm³/mol. The molecule has 0 bridgehead atoms. The van der Waals surface area contributed by atoms with E-state index in [4.69, 9.17) is 10.5 Å². The second-order valence-electron chi connectivity index (χ2n) is 4.84. The minimum absolute atomic E-state index is 0.0910. The zero-order valence-electron chi connectivity index (χ0n) is 10.6. The topological polar surface area (TPSA) is 52.3 Å². The van der Waals surface area contributed by atoms with Crippen molar-refractivity contribution in [3.63, 3.8) is 0 Å². The standard InChI is InChI=1S/C13H25NO2/c1-3-10-6-5-7-12(8-10)16-13(15)11(4-2)9-14/h10-12H,3-9,14H2,1-2H3. The second kappa shape index (κ2) is 6.89. The number of ether oxygens (including phenoxy) is 1. The number of carbonyl (C=O) groups is 1. The van der Waals surface area contributed by atoms with Gasteiger partial charge in [-0.2, -0.15) is 0 Å². The first-order valence-electron chi connectivity index (χ1n) is 6.61. The van der Waals surface area contributed by atoms with E-state index in [2.05, 4.69) is 6.92 Å². The molecule has 0 radical (unpaired) electrons. The molecular formula is C13H25NO2. The van der Waals surface area contributed by atoms with Gasteiger partial charge >= 0.3 is 5.97 Å². The van der Waals surface area contributed by atoms with Crippen molar-refractivity contribution in [2.75, 3.05) is 6.54 Å². The summed E-state index contributed by atoms with van der Waals surface area (Å²) in [6.07, 6.45) is 6.68. The molecule has 0 aromatic carbocycles. The number of hydrogen-bond acceptors (Lipinski definition) is 3. The highest BCUT2D eigenvalue weighted by atomic mass is 16.5. The highest BCUT2D eigenvalue weighted by molar-refractivity contribution is 5.72. The molecule has 0 spiro atoms. The van der Waals surface area contributed by atoms with Crippen molar-refractivity contribution < 1.29 is 9.53 Å². The largest absolute Gasteiger partial charge is 0.462 e. The van der Waals surface area contributed by atoms with Crippen LogP contribution in [0.15, 0.2) is 0 Å². The van der Waals surface area contributed by atoms with Crippen LogP contribution in [0.1, 0.15) is 52.4 Å². The van der Waals surface area contributed by atoms with E-state index >= 15 is 0 Å². The summed E-state index contributed by atoms with van der Waals surface area (Å²) >= 11 is 0. The fourth-order valence-corrected chi connectivity index (χ4v) is 2.41. The lowest BCUT2D eigenvalue weighted by Gasteiger charge is -2.29. The van der Waals surface area contributed by atoms with Crippen LogP contribution in [0.5, 0.6) is 0 Å². The Labute approximate surface area is 98.7 Å². The highest BCUT2D eigenvalue weighted by Crippen LogP contribution is 2.28. The van der Waals surface area contributed by atoms with Gasteiger partial charge in [0.05, 0.1) is 5.92 Å². The first-order chi connectivity index (χ1) is 7.71. The molecular weight excluding hydrogens is 202 g/mol. The minimum Gasteiger partial charge on any atom is -0.462 e. The molecule has 0 aromatic rings. The predicted octanol–water partition coefficient (Wildman–Crippen LogP) is 2.48. The zero-order chi connectivity index (χ0) is 12.0. The lowest BCUT2D eigenvalue weighted by molar-refractivity contribution is -0.156. The molecule has 3 heteroatoms. The van der Waals surface area contributed by atoms with Crippen LogP contribution < -0.4 is 5.73 Å². The summed E-state index contributed by atoms with van der Waals surface area (Å²) in [4.78, 5) is 11.8. The Hall–Kier alpha value is -0.570. The van der Waals surface area contributed by atoms with Gasteiger partial charge in [-0.05, 0) is 31.6 Å². The average molecular weight is 227 g/mol. The van der Waals surface area contributed by atoms with Crippen LogP contribution in [0.25, 0.3) is 0 Å². The van der Waals surface area contributed by atoms with Gasteiger partial charge in [0.15, 0.2) is 0 Å². The molecule has 0 aliphatic heterocycles. The van der Waals surface area contributed by atoms with Crippen molar-refractivity contribution in [2.24, 2.45) is 17.6 Å². The van der Waals surface area contributed by atoms with Gasteiger partial charge in [-0.15, -0.1) is 0 Å². The van der Waals surface area contributed by atoms with Crippen LogP contribution in [0.2, 0.25) is 0 Å². The summed E-state index contributed by atoms with van der Waals surface area (Å²) in [6.45, 7) is 4.59.